The molecule has 0 fully saturated rings. The lowest BCUT2D eigenvalue weighted by atomic mass is 10.1. The van der Waals surface area contributed by atoms with E-state index in [1.165, 1.54) is 27.7 Å². The fourth-order valence-electron chi connectivity index (χ4n) is 3.90. The molecule has 0 spiro atoms. The van der Waals surface area contributed by atoms with Crippen LogP contribution in [-0.4, -0.2) is 22.7 Å². The second kappa shape index (κ2) is 7.93. The second-order valence-electron chi connectivity index (χ2n) is 8.04. The Kier molecular flexibility index (Phi) is 5.18. The average Bonchev–Trinajstić information content (AvgIpc) is 3.36. The van der Waals surface area contributed by atoms with Gasteiger partial charge < -0.3 is 14.4 Å². The lowest BCUT2D eigenvalue weighted by molar-refractivity contribution is -0.652. The zero-order valence-electron chi connectivity index (χ0n) is 18.6. The van der Waals surface area contributed by atoms with Crippen LogP contribution < -0.4 is 24.2 Å². The van der Waals surface area contributed by atoms with Gasteiger partial charge in [0.2, 0.25) is 5.58 Å². The molecule has 7 nitrogen and oxygen atoms in total. The van der Waals surface area contributed by atoms with Crippen molar-refractivity contribution in [2.45, 2.75) is 25.3 Å². The molecule has 3 heterocycles. The minimum absolute atomic E-state index is 0.318. The number of nitrogens with zero attached hydrogens (tertiary/aromatic N) is 3. The molecule has 9 heteroatoms. The van der Waals surface area contributed by atoms with Crippen LogP contribution in [0.25, 0.3) is 22.2 Å². The number of thiazole rings is 1. The van der Waals surface area contributed by atoms with Crippen molar-refractivity contribution in [3.05, 3.63) is 73.0 Å². The Bertz CT molecular complexity index is 1630. The molecule has 0 aliphatic carbocycles. The summed E-state index contributed by atoms with van der Waals surface area (Å²) in [5.41, 5.74) is 4.66. The molecule has 0 atom stereocenters. The number of carboxylic acid groups (broad SMARTS) is 1. The number of oxazole rings is 1. The zero-order chi connectivity index (χ0) is 23.4. The van der Waals surface area contributed by atoms with E-state index in [4.69, 9.17) is 4.42 Å². The average molecular weight is 481 g/mol. The van der Waals surface area contributed by atoms with Crippen LogP contribution in [0.3, 0.4) is 0 Å². The number of para-hydroxylation sites is 1. The molecule has 4 aromatic rings. The molecular weight excluding hydrogens is 458 g/mol. The molecule has 0 saturated carbocycles. The molecule has 168 valence electrons. The largest absolute Gasteiger partial charge is 0.480 e. The van der Waals surface area contributed by atoms with Crippen LogP contribution in [0, 0.1) is 13.8 Å². The Labute approximate surface area is 197 Å². The fraction of sp³-hybridized carbons (Fsp3) is 0.208. The molecule has 0 bridgehead atoms. The number of aromatic nitrogens is 2. The third-order valence-electron chi connectivity index (χ3n) is 5.87. The first-order chi connectivity index (χ1) is 15.7. The monoisotopic (exact) mass is 480 g/mol. The second-order valence-corrected chi connectivity index (χ2v) is 10.1. The molecule has 2 aromatic heterocycles. The topological polar surface area (TPSA) is 79.6 Å². The molecule has 2 aromatic carbocycles. The molecule has 1 aliphatic heterocycles. The number of fused-ring (bicyclic) bond motifs is 2. The third kappa shape index (κ3) is 3.57. The predicted octanol–water partition coefficient (Wildman–Crippen LogP) is 2.32. The Morgan fingerprint density at radius 1 is 1.21 bits per heavy atom. The lowest BCUT2D eigenvalue weighted by Crippen LogP contribution is -2.36. The van der Waals surface area contributed by atoms with Crippen LogP contribution in [0.15, 0.2) is 50.5 Å². The number of hydrogen-bond acceptors (Lipinski definition) is 6. The summed E-state index contributed by atoms with van der Waals surface area (Å²) < 4.78 is 10.3. The molecule has 1 N–H and O–H groups in total. The van der Waals surface area contributed by atoms with Crippen LogP contribution in [0.1, 0.15) is 17.0 Å². The van der Waals surface area contributed by atoms with Gasteiger partial charge in [0.25, 0.3) is 11.1 Å². The molecule has 5 rings (SSSR count). The van der Waals surface area contributed by atoms with E-state index >= 15 is 0 Å². The van der Waals surface area contributed by atoms with E-state index in [-0.39, 0.29) is 5.56 Å². The van der Waals surface area contributed by atoms with Gasteiger partial charge in [0, 0.05) is 18.0 Å². The summed E-state index contributed by atoms with van der Waals surface area (Å²) in [4.78, 5) is 27.9. The Morgan fingerprint density at radius 2 is 1.94 bits per heavy atom. The van der Waals surface area contributed by atoms with Gasteiger partial charge in [-0.25, -0.2) is 0 Å². The van der Waals surface area contributed by atoms with Crippen LogP contribution in [0.5, 0.6) is 0 Å². The first-order valence-corrected chi connectivity index (χ1v) is 12.0. The number of hydrogen-bond donors (Lipinski definition) is 1. The van der Waals surface area contributed by atoms with Gasteiger partial charge in [-0.2, -0.15) is 4.57 Å². The van der Waals surface area contributed by atoms with Gasteiger partial charge in [0.05, 0.1) is 11.8 Å². The number of rotatable bonds is 3. The molecule has 0 amide bonds. The first-order valence-electron chi connectivity index (χ1n) is 10.3. The smallest absolute Gasteiger partial charge is 0.376 e. The summed E-state index contributed by atoms with van der Waals surface area (Å²) in [6.07, 6.45) is 1.75. The van der Waals surface area contributed by atoms with Gasteiger partial charge in [0.15, 0.2) is 0 Å². The number of benzene rings is 2. The number of carbonyl (C=O) groups is 1. The van der Waals surface area contributed by atoms with E-state index in [1.807, 2.05) is 67.7 Å². The van der Waals surface area contributed by atoms with E-state index < -0.39 is 12.5 Å². The molecule has 0 unspecified atom stereocenters. The molecule has 0 saturated heterocycles. The predicted molar refractivity (Wildman–Crippen MR) is 130 cm³/mol. The number of aryl methyl sites for hydroxylation is 3. The quantitative estimate of drug-likeness (QED) is 0.454. The SMILES string of the molecule is Cc1cc2oc(C=c3sc(=C4Sc5ccccc5N4C)c(=O)n3CC(=O)O)[n+](C)c2cc1C. The van der Waals surface area contributed by atoms with Gasteiger partial charge in [-0.05, 0) is 43.2 Å². The van der Waals surface area contributed by atoms with Crippen molar-refractivity contribution in [2.75, 3.05) is 11.9 Å². The highest BCUT2D eigenvalue weighted by atomic mass is 32.2. The Morgan fingerprint density at radius 3 is 2.67 bits per heavy atom. The van der Waals surface area contributed by atoms with E-state index in [0.717, 1.165) is 37.8 Å². The summed E-state index contributed by atoms with van der Waals surface area (Å²) in [5, 5.41) is 10.3. The summed E-state index contributed by atoms with van der Waals surface area (Å²) in [5.74, 6) is -0.528. The molecule has 0 radical (unpaired) electrons. The van der Waals surface area contributed by atoms with Gasteiger partial charge in [-0.3, -0.25) is 14.2 Å². The van der Waals surface area contributed by atoms with Crippen molar-refractivity contribution in [3.63, 3.8) is 0 Å². The van der Waals surface area contributed by atoms with E-state index in [1.54, 1.807) is 6.08 Å². The van der Waals surface area contributed by atoms with Crippen molar-refractivity contribution in [3.8, 4) is 0 Å². The maximum atomic E-state index is 13.3. The minimum Gasteiger partial charge on any atom is -0.480 e. The molecule has 1 aliphatic rings. The summed E-state index contributed by atoms with van der Waals surface area (Å²) >= 11 is 2.80. The lowest BCUT2D eigenvalue weighted by Gasteiger charge is -2.11. The van der Waals surface area contributed by atoms with Crippen LogP contribution >= 0.6 is 23.1 Å². The van der Waals surface area contributed by atoms with Crippen molar-refractivity contribution >= 4 is 57.0 Å². The highest BCUT2D eigenvalue weighted by Crippen LogP contribution is 2.44. The van der Waals surface area contributed by atoms with Gasteiger partial charge in [0.1, 0.15) is 27.8 Å². The Balaban J connectivity index is 1.75. The number of carboxylic acids is 1. The highest BCUT2D eigenvalue weighted by molar-refractivity contribution is 8.08. The zero-order valence-corrected chi connectivity index (χ0v) is 20.2. The number of aliphatic carboxylic acids is 1. The first kappa shape index (κ1) is 21.5. The van der Waals surface area contributed by atoms with Crippen molar-refractivity contribution in [2.24, 2.45) is 7.05 Å². The van der Waals surface area contributed by atoms with E-state index in [0.29, 0.717) is 15.1 Å². The number of thioether (sulfide) groups is 1. The standard InChI is InChI=1S/C24H21N3O4S2/c1-13-9-16-17(10-14(13)2)31-19(25(16)3)11-20-27(12-21(28)29)23(30)22(33-20)24-26(4)15-7-5-6-8-18(15)32-24/h5-11H,12H2,1-4H3/p+1. The third-order valence-corrected chi connectivity index (χ3v) is 8.35. The maximum Gasteiger partial charge on any atom is 0.376 e. The summed E-state index contributed by atoms with van der Waals surface area (Å²) in [6.45, 7) is 3.66. The van der Waals surface area contributed by atoms with Crippen LogP contribution in [-0.2, 0) is 18.4 Å². The molecular formula is C24H22N3O4S2+. The summed E-state index contributed by atoms with van der Waals surface area (Å²) in [7, 11) is 3.81. The molecule has 33 heavy (non-hydrogen) atoms. The highest BCUT2D eigenvalue weighted by Gasteiger charge is 2.25. The number of anilines is 1. The Hall–Kier alpha value is -3.30. The van der Waals surface area contributed by atoms with E-state index in [9.17, 15) is 14.7 Å². The van der Waals surface area contributed by atoms with Gasteiger partial charge >= 0.3 is 11.9 Å². The van der Waals surface area contributed by atoms with Crippen molar-refractivity contribution < 1.29 is 18.9 Å². The van der Waals surface area contributed by atoms with Gasteiger partial charge in [-0.15, -0.1) is 11.3 Å². The van der Waals surface area contributed by atoms with E-state index in [2.05, 4.69) is 6.07 Å². The minimum atomic E-state index is -1.07. The summed E-state index contributed by atoms with van der Waals surface area (Å²) in [6, 6.07) is 12.0. The van der Waals surface area contributed by atoms with Gasteiger partial charge in [-0.1, -0.05) is 23.9 Å². The van der Waals surface area contributed by atoms with Crippen LogP contribution in [0.4, 0.5) is 5.69 Å². The van der Waals surface area contributed by atoms with Crippen LogP contribution in [0.2, 0.25) is 0 Å². The van der Waals surface area contributed by atoms with Crippen molar-refractivity contribution in [1.29, 1.82) is 0 Å². The maximum absolute atomic E-state index is 13.3. The van der Waals surface area contributed by atoms with Crippen molar-refractivity contribution in [1.82, 2.24) is 4.57 Å². The normalized spacial score (nSPS) is 15.5. The fourth-order valence-corrected chi connectivity index (χ4v) is 6.28.